The van der Waals surface area contributed by atoms with Crippen LogP contribution in [-0.4, -0.2) is 34.5 Å². The van der Waals surface area contributed by atoms with Crippen molar-refractivity contribution in [3.8, 4) is 0 Å². The number of carbonyl (C=O) groups excluding carboxylic acids is 2. The highest BCUT2D eigenvalue weighted by Crippen LogP contribution is 2.28. The lowest BCUT2D eigenvalue weighted by molar-refractivity contribution is -0.126. The number of aromatic nitrogens is 2. The number of nitrogens with zero attached hydrogens (tertiary/aromatic N) is 3. The molecular formula is C27H32N4O2. The minimum Gasteiger partial charge on any atom is -0.355 e. The quantitative estimate of drug-likeness (QED) is 0.618. The summed E-state index contributed by atoms with van der Waals surface area (Å²) < 4.78 is 2.03. The van der Waals surface area contributed by atoms with Gasteiger partial charge < -0.3 is 14.8 Å². The standard InChI is InChI=1S/C27H32N4O2/c32-26(30-18-8-12-20-9-4-6-14-23(20)30)19-31-24-15-7-5-13-22(24)29-25(31)16-17-28-27(33)21-10-2-1-3-11-21/h4-7,9,13-15,21H,1-3,8,10-12,16-19H2,(H,28,33). The van der Waals surface area contributed by atoms with E-state index in [1.807, 2.05) is 51.9 Å². The second-order valence-corrected chi connectivity index (χ2v) is 9.26. The van der Waals surface area contributed by atoms with Crippen LogP contribution in [0.2, 0.25) is 0 Å². The van der Waals surface area contributed by atoms with Gasteiger partial charge in [-0.1, -0.05) is 49.6 Å². The molecule has 1 aliphatic carbocycles. The predicted octanol–water partition coefficient (Wildman–Crippen LogP) is 4.25. The number of para-hydroxylation sites is 3. The molecule has 0 spiro atoms. The first-order valence-corrected chi connectivity index (χ1v) is 12.3. The largest absolute Gasteiger partial charge is 0.355 e. The SMILES string of the molecule is O=C(NCCc1nc2ccccc2n1CC(=O)N1CCCc2ccccc21)C1CCCCC1. The fourth-order valence-corrected chi connectivity index (χ4v) is 5.31. The van der Waals surface area contributed by atoms with E-state index in [2.05, 4.69) is 11.4 Å². The molecule has 3 aromatic rings. The summed E-state index contributed by atoms with van der Waals surface area (Å²) in [5.74, 6) is 1.24. The predicted molar refractivity (Wildman–Crippen MR) is 130 cm³/mol. The molecular weight excluding hydrogens is 412 g/mol. The maximum atomic E-state index is 13.4. The Hall–Kier alpha value is -3.15. The normalized spacial score (nSPS) is 16.5. The molecule has 5 rings (SSSR count). The van der Waals surface area contributed by atoms with Crippen LogP contribution in [-0.2, 0) is 29.0 Å². The fraction of sp³-hybridized carbons (Fsp3) is 0.444. The number of anilines is 1. The first-order chi connectivity index (χ1) is 16.2. The van der Waals surface area contributed by atoms with Gasteiger partial charge in [0.25, 0.3) is 0 Å². The summed E-state index contributed by atoms with van der Waals surface area (Å²) in [4.78, 5) is 32.7. The van der Waals surface area contributed by atoms with E-state index in [0.29, 0.717) is 13.0 Å². The molecule has 1 saturated carbocycles. The van der Waals surface area contributed by atoms with Crippen molar-refractivity contribution >= 4 is 28.5 Å². The van der Waals surface area contributed by atoms with E-state index in [1.165, 1.54) is 12.0 Å². The Morgan fingerprint density at radius 3 is 2.64 bits per heavy atom. The highest BCUT2D eigenvalue weighted by atomic mass is 16.2. The molecule has 1 aliphatic heterocycles. The molecule has 1 fully saturated rings. The van der Waals surface area contributed by atoms with Crippen LogP contribution in [0.25, 0.3) is 11.0 Å². The van der Waals surface area contributed by atoms with Crippen LogP contribution in [0.5, 0.6) is 0 Å². The fourth-order valence-electron chi connectivity index (χ4n) is 5.31. The van der Waals surface area contributed by atoms with E-state index < -0.39 is 0 Å². The molecule has 33 heavy (non-hydrogen) atoms. The maximum absolute atomic E-state index is 13.4. The molecule has 0 atom stereocenters. The van der Waals surface area contributed by atoms with Crippen LogP contribution < -0.4 is 10.2 Å². The van der Waals surface area contributed by atoms with Crippen molar-refractivity contribution in [2.24, 2.45) is 5.92 Å². The molecule has 6 nitrogen and oxygen atoms in total. The van der Waals surface area contributed by atoms with Gasteiger partial charge in [0.15, 0.2) is 0 Å². The molecule has 0 saturated heterocycles. The first-order valence-electron chi connectivity index (χ1n) is 12.3. The van der Waals surface area contributed by atoms with Crippen molar-refractivity contribution in [1.29, 1.82) is 0 Å². The van der Waals surface area contributed by atoms with Gasteiger partial charge in [0, 0.05) is 31.1 Å². The zero-order valence-electron chi connectivity index (χ0n) is 19.1. The Morgan fingerprint density at radius 2 is 1.76 bits per heavy atom. The maximum Gasteiger partial charge on any atom is 0.246 e. The summed E-state index contributed by atoms with van der Waals surface area (Å²) in [5, 5.41) is 3.11. The zero-order valence-corrected chi connectivity index (χ0v) is 19.1. The number of nitrogens with one attached hydrogen (secondary N) is 1. The van der Waals surface area contributed by atoms with Crippen molar-refractivity contribution < 1.29 is 9.59 Å². The molecule has 2 aliphatic rings. The molecule has 2 heterocycles. The van der Waals surface area contributed by atoms with Gasteiger partial charge in [0.1, 0.15) is 12.4 Å². The number of aryl methyl sites for hydroxylation is 1. The molecule has 172 valence electrons. The number of imidazole rings is 1. The van der Waals surface area contributed by atoms with Crippen LogP contribution in [0.1, 0.15) is 49.9 Å². The molecule has 2 amide bonds. The zero-order chi connectivity index (χ0) is 22.6. The number of carbonyl (C=O) groups is 2. The van der Waals surface area contributed by atoms with Gasteiger partial charge in [-0.25, -0.2) is 4.98 Å². The van der Waals surface area contributed by atoms with E-state index in [0.717, 1.165) is 67.6 Å². The molecule has 1 N–H and O–H groups in total. The summed E-state index contributed by atoms with van der Waals surface area (Å²) in [7, 11) is 0. The molecule has 1 aromatic heterocycles. The van der Waals surface area contributed by atoms with Gasteiger partial charge in [-0.2, -0.15) is 0 Å². The lowest BCUT2D eigenvalue weighted by atomic mass is 9.89. The highest BCUT2D eigenvalue weighted by molar-refractivity contribution is 5.95. The van der Waals surface area contributed by atoms with Crippen molar-refractivity contribution in [2.75, 3.05) is 18.0 Å². The molecule has 2 aromatic carbocycles. The van der Waals surface area contributed by atoms with Crippen LogP contribution >= 0.6 is 0 Å². The van der Waals surface area contributed by atoms with Crippen LogP contribution in [0.3, 0.4) is 0 Å². The summed E-state index contributed by atoms with van der Waals surface area (Å²) >= 11 is 0. The van der Waals surface area contributed by atoms with Crippen molar-refractivity contribution in [3.63, 3.8) is 0 Å². The summed E-state index contributed by atoms with van der Waals surface area (Å²) in [6.45, 7) is 1.54. The second kappa shape index (κ2) is 9.77. The molecule has 0 unspecified atom stereocenters. The van der Waals surface area contributed by atoms with Gasteiger partial charge in [-0.3, -0.25) is 9.59 Å². The lowest BCUT2D eigenvalue weighted by Gasteiger charge is -2.30. The van der Waals surface area contributed by atoms with Crippen molar-refractivity contribution in [3.05, 3.63) is 59.9 Å². The summed E-state index contributed by atoms with van der Waals surface area (Å²) in [6, 6.07) is 16.1. The van der Waals surface area contributed by atoms with Crippen molar-refractivity contribution in [1.82, 2.24) is 14.9 Å². The van der Waals surface area contributed by atoms with Crippen LogP contribution in [0.15, 0.2) is 48.5 Å². The minimum atomic E-state index is 0.0813. The molecule has 6 heteroatoms. The third-order valence-corrected chi connectivity index (χ3v) is 7.06. The lowest BCUT2D eigenvalue weighted by Crippen LogP contribution is -2.38. The van der Waals surface area contributed by atoms with Gasteiger partial charge in [-0.05, 0) is 49.4 Å². The summed E-state index contributed by atoms with van der Waals surface area (Å²) in [5.41, 5.74) is 4.11. The van der Waals surface area contributed by atoms with Gasteiger partial charge in [-0.15, -0.1) is 0 Å². The van der Waals surface area contributed by atoms with Crippen LogP contribution in [0, 0.1) is 5.92 Å². The third-order valence-electron chi connectivity index (χ3n) is 7.06. The monoisotopic (exact) mass is 444 g/mol. The van der Waals surface area contributed by atoms with E-state index >= 15 is 0 Å². The number of hydrogen-bond acceptors (Lipinski definition) is 3. The Morgan fingerprint density at radius 1 is 0.970 bits per heavy atom. The number of rotatable bonds is 6. The Balaban J connectivity index is 1.32. The Labute approximate surface area is 195 Å². The highest BCUT2D eigenvalue weighted by Gasteiger charge is 2.24. The molecule has 0 bridgehead atoms. The van der Waals surface area contributed by atoms with E-state index in [9.17, 15) is 9.59 Å². The third kappa shape index (κ3) is 4.65. The smallest absolute Gasteiger partial charge is 0.246 e. The average Bonchev–Trinajstić information content (AvgIpc) is 3.21. The Bertz CT molecular complexity index is 1150. The Kier molecular flexibility index (Phi) is 6.42. The number of hydrogen-bond donors (Lipinski definition) is 1. The minimum absolute atomic E-state index is 0.0813. The topological polar surface area (TPSA) is 67.2 Å². The second-order valence-electron chi connectivity index (χ2n) is 9.26. The first kappa shape index (κ1) is 21.7. The van der Waals surface area contributed by atoms with Gasteiger partial charge in [0.2, 0.25) is 11.8 Å². The molecule has 0 radical (unpaired) electrons. The number of benzene rings is 2. The summed E-state index contributed by atoms with van der Waals surface area (Å²) in [6.07, 6.45) is 8.13. The number of amides is 2. The van der Waals surface area contributed by atoms with Crippen molar-refractivity contribution in [2.45, 2.75) is 57.9 Å². The van der Waals surface area contributed by atoms with Gasteiger partial charge in [0.05, 0.1) is 11.0 Å². The average molecular weight is 445 g/mol. The number of fused-ring (bicyclic) bond motifs is 2. The van der Waals surface area contributed by atoms with Gasteiger partial charge >= 0.3 is 0 Å². The van der Waals surface area contributed by atoms with E-state index in [4.69, 9.17) is 4.98 Å². The van der Waals surface area contributed by atoms with Crippen LogP contribution in [0.4, 0.5) is 5.69 Å². The van der Waals surface area contributed by atoms with E-state index in [1.54, 1.807) is 0 Å². The van der Waals surface area contributed by atoms with E-state index in [-0.39, 0.29) is 24.3 Å².